The van der Waals surface area contributed by atoms with Crippen LogP contribution in [-0.4, -0.2) is 43.4 Å². The Labute approximate surface area is 162 Å². The van der Waals surface area contributed by atoms with Crippen molar-refractivity contribution < 1.29 is 4.79 Å². The van der Waals surface area contributed by atoms with Gasteiger partial charge in [0.15, 0.2) is 0 Å². The third-order valence-corrected chi connectivity index (χ3v) is 6.06. The monoisotopic (exact) mass is 381 g/mol. The molecular weight excluding hydrogens is 358 g/mol. The molecule has 1 unspecified atom stereocenters. The van der Waals surface area contributed by atoms with Crippen molar-refractivity contribution in [3.8, 4) is 11.4 Å². The molecule has 0 aromatic carbocycles. The van der Waals surface area contributed by atoms with Gasteiger partial charge in [-0.2, -0.15) is 0 Å². The fourth-order valence-electron chi connectivity index (χ4n) is 3.64. The van der Waals surface area contributed by atoms with E-state index in [-0.39, 0.29) is 5.91 Å². The summed E-state index contributed by atoms with van der Waals surface area (Å²) < 4.78 is 2.02. The Kier molecular flexibility index (Phi) is 5.03. The number of thiophene rings is 1. The molecule has 0 bridgehead atoms. The lowest BCUT2D eigenvalue weighted by Gasteiger charge is -2.32. The lowest BCUT2D eigenvalue weighted by atomic mass is 9.93. The standard InChI is InChI=1S/C20H23N5OS/c1-14-22-12-18(24(14)2)17-11-21-10-16(23-17)9-15-5-3-7-25(13-15)20(26)19-6-4-8-27-19/h4,6,8,10-12,15H,3,5,7,9,13H2,1-2H3. The van der Waals surface area contributed by atoms with Crippen LogP contribution in [0.15, 0.2) is 36.1 Å². The number of hydrogen-bond donors (Lipinski definition) is 0. The van der Waals surface area contributed by atoms with Crippen molar-refractivity contribution in [1.29, 1.82) is 0 Å². The van der Waals surface area contributed by atoms with Gasteiger partial charge < -0.3 is 9.47 Å². The van der Waals surface area contributed by atoms with E-state index in [0.717, 1.165) is 60.1 Å². The first-order valence-electron chi connectivity index (χ1n) is 9.24. The fraction of sp³-hybridized carbons (Fsp3) is 0.400. The third-order valence-electron chi connectivity index (χ3n) is 5.20. The molecule has 4 rings (SSSR count). The van der Waals surface area contributed by atoms with Crippen LogP contribution in [0.25, 0.3) is 11.4 Å². The van der Waals surface area contributed by atoms with Gasteiger partial charge in [-0.1, -0.05) is 6.07 Å². The van der Waals surface area contributed by atoms with E-state index in [4.69, 9.17) is 4.98 Å². The van der Waals surface area contributed by atoms with E-state index >= 15 is 0 Å². The van der Waals surface area contributed by atoms with E-state index in [1.165, 1.54) is 11.3 Å². The molecule has 140 valence electrons. The van der Waals surface area contributed by atoms with Crippen molar-refractivity contribution in [2.75, 3.05) is 13.1 Å². The second kappa shape index (κ2) is 7.60. The highest BCUT2D eigenvalue weighted by molar-refractivity contribution is 7.12. The van der Waals surface area contributed by atoms with Gasteiger partial charge in [-0.3, -0.25) is 9.78 Å². The Balaban J connectivity index is 1.47. The summed E-state index contributed by atoms with van der Waals surface area (Å²) in [7, 11) is 1.99. The first-order valence-corrected chi connectivity index (χ1v) is 10.1. The summed E-state index contributed by atoms with van der Waals surface area (Å²) in [6, 6.07) is 3.84. The zero-order valence-electron chi connectivity index (χ0n) is 15.6. The second-order valence-electron chi connectivity index (χ2n) is 7.09. The summed E-state index contributed by atoms with van der Waals surface area (Å²) in [5.41, 5.74) is 2.79. The quantitative estimate of drug-likeness (QED) is 0.695. The SMILES string of the molecule is Cc1ncc(-c2cncc(CC3CCCN(C(=O)c4cccs4)C3)n2)n1C. The molecule has 27 heavy (non-hydrogen) atoms. The highest BCUT2D eigenvalue weighted by Crippen LogP contribution is 2.24. The predicted octanol–water partition coefficient (Wildman–Crippen LogP) is 3.34. The van der Waals surface area contributed by atoms with Gasteiger partial charge in [-0.15, -0.1) is 11.3 Å². The van der Waals surface area contributed by atoms with Crippen molar-refractivity contribution in [2.45, 2.75) is 26.2 Å². The number of likely N-dealkylation sites (tertiary alicyclic amines) is 1. The maximum atomic E-state index is 12.6. The Morgan fingerprint density at radius 2 is 2.22 bits per heavy atom. The van der Waals surface area contributed by atoms with Gasteiger partial charge >= 0.3 is 0 Å². The molecule has 1 atom stereocenters. The third kappa shape index (κ3) is 3.78. The summed E-state index contributed by atoms with van der Waals surface area (Å²) in [6.07, 6.45) is 8.46. The minimum absolute atomic E-state index is 0.153. The smallest absolute Gasteiger partial charge is 0.263 e. The van der Waals surface area contributed by atoms with Crippen molar-refractivity contribution in [3.63, 3.8) is 0 Å². The van der Waals surface area contributed by atoms with Crippen LogP contribution in [0.5, 0.6) is 0 Å². The molecule has 3 aromatic heterocycles. The van der Waals surface area contributed by atoms with Crippen LogP contribution in [-0.2, 0) is 13.5 Å². The molecule has 1 aliphatic heterocycles. The molecule has 0 spiro atoms. The van der Waals surface area contributed by atoms with Gasteiger partial charge in [-0.25, -0.2) is 9.97 Å². The number of imidazole rings is 1. The van der Waals surface area contributed by atoms with Crippen LogP contribution >= 0.6 is 11.3 Å². The van der Waals surface area contributed by atoms with E-state index < -0.39 is 0 Å². The molecule has 7 heteroatoms. The average Bonchev–Trinajstić information content (AvgIpc) is 3.33. The van der Waals surface area contributed by atoms with E-state index in [1.54, 1.807) is 6.20 Å². The van der Waals surface area contributed by atoms with Gasteiger partial charge in [0.2, 0.25) is 0 Å². The number of carbonyl (C=O) groups is 1. The summed E-state index contributed by atoms with van der Waals surface area (Å²) >= 11 is 1.51. The van der Waals surface area contributed by atoms with Crippen LogP contribution in [0, 0.1) is 12.8 Å². The first-order chi connectivity index (χ1) is 13.1. The Hall–Kier alpha value is -2.54. The molecule has 0 saturated carbocycles. The zero-order chi connectivity index (χ0) is 18.8. The number of carbonyl (C=O) groups excluding carboxylic acids is 1. The molecule has 6 nitrogen and oxygen atoms in total. The maximum absolute atomic E-state index is 12.6. The van der Waals surface area contributed by atoms with Gasteiger partial charge in [0.1, 0.15) is 11.5 Å². The molecule has 0 N–H and O–H groups in total. The van der Waals surface area contributed by atoms with E-state index in [9.17, 15) is 4.79 Å². The summed E-state index contributed by atoms with van der Waals surface area (Å²) in [6.45, 7) is 3.60. The maximum Gasteiger partial charge on any atom is 0.263 e. The number of aryl methyl sites for hydroxylation is 1. The Bertz CT molecular complexity index is 934. The van der Waals surface area contributed by atoms with Crippen LogP contribution in [0.4, 0.5) is 0 Å². The Morgan fingerprint density at radius 3 is 2.96 bits per heavy atom. The first kappa shape index (κ1) is 17.9. The van der Waals surface area contributed by atoms with Gasteiger partial charge in [0.25, 0.3) is 5.91 Å². The number of rotatable bonds is 4. The average molecular weight is 382 g/mol. The van der Waals surface area contributed by atoms with E-state index in [1.807, 2.05) is 53.3 Å². The van der Waals surface area contributed by atoms with E-state index in [0.29, 0.717) is 5.92 Å². The fourth-order valence-corrected chi connectivity index (χ4v) is 4.33. The number of aromatic nitrogens is 4. The molecule has 1 fully saturated rings. The molecular formula is C20H23N5OS. The van der Waals surface area contributed by atoms with Crippen molar-refractivity contribution in [2.24, 2.45) is 13.0 Å². The lowest BCUT2D eigenvalue weighted by molar-refractivity contribution is 0.0677. The van der Waals surface area contributed by atoms with Crippen LogP contribution in [0.3, 0.4) is 0 Å². The highest BCUT2D eigenvalue weighted by atomic mass is 32.1. The second-order valence-corrected chi connectivity index (χ2v) is 8.03. The van der Waals surface area contributed by atoms with Crippen molar-refractivity contribution in [1.82, 2.24) is 24.4 Å². The predicted molar refractivity (Wildman–Crippen MR) is 106 cm³/mol. The largest absolute Gasteiger partial charge is 0.338 e. The minimum atomic E-state index is 0.153. The molecule has 4 heterocycles. The van der Waals surface area contributed by atoms with Crippen molar-refractivity contribution in [3.05, 3.63) is 52.5 Å². The lowest BCUT2D eigenvalue weighted by Crippen LogP contribution is -2.40. The number of nitrogens with zero attached hydrogens (tertiary/aromatic N) is 5. The van der Waals surface area contributed by atoms with Gasteiger partial charge in [0, 0.05) is 26.3 Å². The Morgan fingerprint density at radius 1 is 1.33 bits per heavy atom. The normalized spacial score (nSPS) is 17.3. The summed E-state index contributed by atoms with van der Waals surface area (Å²) in [4.78, 5) is 29.0. The highest BCUT2D eigenvalue weighted by Gasteiger charge is 2.25. The van der Waals surface area contributed by atoms with Crippen LogP contribution in [0.1, 0.15) is 34.0 Å². The van der Waals surface area contributed by atoms with Crippen molar-refractivity contribution >= 4 is 17.2 Å². The summed E-state index contributed by atoms with van der Waals surface area (Å²) in [5.74, 6) is 1.52. The summed E-state index contributed by atoms with van der Waals surface area (Å²) in [5, 5.41) is 1.95. The number of amides is 1. The minimum Gasteiger partial charge on any atom is -0.338 e. The van der Waals surface area contributed by atoms with Gasteiger partial charge in [0.05, 0.1) is 28.7 Å². The topological polar surface area (TPSA) is 63.9 Å². The molecule has 1 saturated heterocycles. The molecule has 1 amide bonds. The molecule has 0 radical (unpaired) electrons. The number of piperidine rings is 1. The van der Waals surface area contributed by atoms with E-state index in [2.05, 4.69) is 9.97 Å². The number of hydrogen-bond acceptors (Lipinski definition) is 5. The van der Waals surface area contributed by atoms with Crippen LogP contribution in [0.2, 0.25) is 0 Å². The molecule has 0 aliphatic carbocycles. The van der Waals surface area contributed by atoms with Gasteiger partial charge in [-0.05, 0) is 43.6 Å². The zero-order valence-corrected chi connectivity index (χ0v) is 16.4. The van der Waals surface area contributed by atoms with Crippen LogP contribution < -0.4 is 0 Å². The molecule has 1 aliphatic rings. The molecule has 3 aromatic rings.